The van der Waals surface area contributed by atoms with Crippen LogP contribution in [0.25, 0.3) is 11.3 Å². The molecular weight excluding hydrogens is 344 g/mol. The molecule has 0 aliphatic heterocycles. The summed E-state index contributed by atoms with van der Waals surface area (Å²) >= 11 is 7.24. The van der Waals surface area contributed by atoms with E-state index in [-0.39, 0.29) is 12.3 Å². The Kier molecular flexibility index (Phi) is 5.13. The number of anilines is 1. The highest BCUT2D eigenvalue weighted by molar-refractivity contribution is 7.14. The monoisotopic (exact) mass is 358 g/mol. The predicted octanol–water partition coefficient (Wildman–Crippen LogP) is 4.65. The molecule has 0 aliphatic carbocycles. The fourth-order valence-electron chi connectivity index (χ4n) is 2.18. The van der Waals surface area contributed by atoms with Crippen LogP contribution in [0.3, 0.4) is 0 Å². The molecule has 0 aliphatic rings. The predicted molar refractivity (Wildman–Crippen MR) is 97.9 cm³/mol. The highest BCUT2D eigenvalue weighted by Gasteiger charge is 2.09. The number of methoxy groups -OCH3 is 1. The van der Waals surface area contributed by atoms with Crippen molar-refractivity contribution in [2.45, 2.75) is 6.42 Å². The molecule has 6 heteroatoms. The van der Waals surface area contributed by atoms with Crippen molar-refractivity contribution >= 4 is 34.0 Å². The van der Waals surface area contributed by atoms with E-state index >= 15 is 0 Å². The molecule has 1 N–H and O–H groups in total. The second-order valence-electron chi connectivity index (χ2n) is 5.12. The van der Waals surface area contributed by atoms with Crippen LogP contribution in [0, 0.1) is 0 Å². The smallest absolute Gasteiger partial charge is 0.230 e. The summed E-state index contributed by atoms with van der Waals surface area (Å²) in [4.78, 5) is 16.6. The van der Waals surface area contributed by atoms with Gasteiger partial charge in [0.1, 0.15) is 5.75 Å². The number of thiazole rings is 1. The van der Waals surface area contributed by atoms with Gasteiger partial charge in [-0.05, 0) is 42.0 Å². The summed E-state index contributed by atoms with van der Waals surface area (Å²) in [6.45, 7) is 0. The topological polar surface area (TPSA) is 51.2 Å². The molecule has 122 valence electrons. The Balaban J connectivity index is 1.64. The molecule has 2 aromatic carbocycles. The summed E-state index contributed by atoms with van der Waals surface area (Å²) in [6, 6.07) is 14.9. The molecule has 1 aromatic heterocycles. The lowest BCUT2D eigenvalue weighted by Gasteiger charge is -2.02. The van der Waals surface area contributed by atoms with Gasteiger partial charge < -0.3 is 10.1 Å². The SMILES string of the molecule is COc1ccc(-c2csc(NC(=O)Cc3ccc(Cl)cc3)n2)cc1. The number of benzene rings is 2. The van der Waals surface area contributed by atoms with Gasteiger partial charge in [-0.1, -0.05) is 23.7 Å². The molecule has 0 spiro atoms. The maximum Gasteiger partial charge on any atom is 0.230 e. The minimum absolute atomic E-state index is 0.104. The van der Waals surface area contributed by atoms with E-state index in [4.69, 9.17) is 16.3 Å². The molecular formula is C18H15ClN2O2S. The Morgan fingerprint density at radius 3 is 2.54 bits per heavy atom. The van der Waals surface area contributed by atoms with Crippen molar-refractivity contribution in [1.29, 1.82) is 0 Å². The van der Waals surface area contributed by atoms with Gasteiger partial charge in [-0.25, -0.2) is 4.98 Å². The second kappa shape index (κ2) is 7.47. The Hall–Kier alpha value is -2.37. The Labute approximate surface area is 149 Å². The normalized spacial score (nSPS) is 10.4. The van der Waals surface area contributed by atoms with Crippen LogP contribution >= 0.6 is 22.9 Å². The molecule has 1 amide bonds. The molecule has 0 radical (unpaired) electrons. The molecule has 24 heavy (non-hydrogen) atoms. The van der Waals surface area contributed by atoms with E-state index in [1.807, 2.05) is 41.8 Å². The summed E-state index contributed by atoms with van der Waals surface area (Å²) in [5.74, 6) is 0.693. The van der Waals surface area contributed by atoms with Crippen LogP contribution in [-0.4, -0.2) is 18.0 Å². The Bertz CT molecular complexity index is 829. The number of aromatic nitrogens is 1. The molecule has 0 atom stereocenters. The van der Waals surface area contributed by atoms with Crippen LogP contribution in [-0.2, 0) is 11.2 Å². The average molecular weight is 359 g/mol. The molecule has 4 nitrogen and oxygen atoms in total. The number of nitrogens with zero attached hydrogens (tertiary/aromatic N) is 1. The molecule has 0 saturated carbocycles. The number of carbonyl (C=O) groups is 1. The first-order valence-corrected chi connectivity index (χ1v) is 8.54. The highest BCUT2D eigenvalue weighted by Crippen LogP contribution is 2.26. The maximum atomic E-state index is 12.1. The first-order chi connectivity index (χ1) is 11.6. The summed E-state index contributed by atoms with van der Waals surface area (Å²) in [6.07, 6.45) is 0.286. The van der Waals surface area contributed by atoms with Gasteiger partial charge >= 0.3 is 0 Å². The number of ether oxygens (including phenoxy) is 1. The summed E-state index contributed by atoms with van der Waals surface area (Å²) < 4.78 is 5.14. The quantitative estimate of drug-likeness (QED) is 0.722. The lowest BCUT2D eigenvalue weighted by molar-refractivity contribution is -0.115. The first kappa shape index (κ1) is 16.5. The van der Waals surface area contributed by atoms with E-state index in [9.17, 15) is 4.79 Å². The molecule has 1 heterocycles. The molecule has 0 bridgehead atoms. The van der Waals surface area contributed by atoms with Gasteiger partial charge in [-0.15, -0.1) is 11.3 Å². The molecule has 0 unspecified atom stereocenters. The van der Waals surface area contributed by atoms with Gasteiger partial charge in [0.05, 0.1) is 19.2 Å². The van der Waals surface area contributed by atoms with E-state index < -0.39 is 0 Å². The third-order valence-corrected chi connectivity index (χ3v) is 4.42. The van der Waals surface area contributed by atoms with Crippen molar-refractivity contribution in [3.63, 3.8) is 0 Å². The van der Waals surface area contributed by atoms with Crippen LogP contribution in [0.4, 0.5) is 5.13 Å². The number of amides is 1. The minimum Gasteiger partial charge on any atom is -0.497 e. The number of halogens is 1. The fourth-order valence-corrected chi connectivity index (χ4v) is 3.04. The van der Waals surface area contributed by atoms with E-state index in [2.05, 4.69) is 10.3 Å². The van der Waals surface area contributed by atoms with Crippen molar-refractivity contribution in [3.05, 3.63) is 64.5 Å². The third kappa shape index (κ3) is 4.13. The van der Waals surface area contributed by atoms with Crippen molar-refractivity contribution in [3.8, 4) is 17.0 Å². The van der Waals surface area contributed by atoms with Gasteiger partial charge in [-0.3, -0.25) is 4.79 Å². The van der Waals surface area contributed by atoms with Crippen LogP contribution < -0.4 is 10.1 Å². The van der Waals surface area contributed by atoms with Crippen molar-refractivity contribution in [2.24, 2.45) is 0 Å². The van der Waals surface area contributed by atoms with Gasteiger partial charge in [0.25, 0.3) is 0 Å². The fraction of sp³-hybridized carbons (Fsp3) is 0.111. The number of hydrogen-bond donors (Lipinski definition) is 1. The van der Waals surface area contributed by atoms with Crippen LogP contribution in [0.5, 0.6) is 5.75 Å². The largest absolute Gasteiger partial charge is 0.497 e. The van der Waals surface area contributed by atoms with E-state index in [1.54, 1.807) is 19.2 Å². The van der Waals surface area contributed by atoms with E-state index in [1.165, 1.54) is 11.3 Å². The average Bonchev–Trinajstić information content (AvgIpc) is 3.05. The summed E-state index contributed by atoms with van der Waals surface area (Å²) in [5, 5.41) is 5.98. The zero-order valence-electron chi connectivity index (χ0n) is 13.0. The minimum atomic E-state index is -0.104. The van der Waals surface area contributed by atoms with E-state index in [0.29, 0.717) is 10.2 Å². The summed E-state index contributed by atoms with van der Waals surface area (Å²) in [7, 11) is 1.63. The van der Waals surface area contributed by atoms with Gasteiger partial charge in [-0.2, -0.15) is 0 Å². The van der Waals surface area contributed by atoms with Crippen LogP contribution in [0.1, 0.15) is 5.56 Å². The van der Waals surface area contributed by atoms with Crippen molar-refractivity contribution in [1.82, 2.24) is 4.98 Å². The highest BCUT2D eigenvalue weighted by atomic mass is 35.5. The molecule has 0 fully saturated rings. The lowest BCUT2D eigenvalue weighted by atomic mass is 10.1. The number of nitrogens with one attached hydrogen (secondary N) is 1. The second-order valence-corrected chi connectivity index (χ2v) is 6.41. The maximum absolute atomic E-state index is 12.1. The van der Waals surface area contributed by atoms with Crippen molar-refractivity contribution in [2.75, 3.05) is 12.4 Å². The van der Waals surface area contributed by atoms with Crippen molar-refractivity contribution < 1.29 is 9.53 Å². The third-order valence-electron chi connectivity index (χ3n) is 3.41. The Morgan fingerprint density at radius 1 is 1.17 bits per heavy atom. The first-order valence-electron chi connectivity index (χ1n) is 7.28. The lowest BCUT2D eigenvalue weighted by Crippen LogP contribution is -2.14. The number of hydrogen-bond acceptors (Lipinski definition) is 4. The van der Waals surface area contributed by atoms with Crippen LogP contribution in [0.15, 0.2) is 53.9 Å². The zero-order chi connectivity index (χ0) is 16.9. The summed E-state index contributed by atoms with van der Waals surface area (Å²) in [5.41, 5.74) is 2.71. The molecule has 3 rings (SSSR count). The zero-order valence-corrected chi connectivity index (χ0v) is 14.5. The number of rotatable bonds is 5. The number of carbonyl (C=O) groups excluding carboxylic acids is 1. The van der Waals surface area contributed by atoms with Gasteiger partial charge in [0.15, 0.2) is 5.13 Å². The molecule has 3 aromatic rings. The van der Waals surface area contributed by atoms with E-state index in [0.717, 1.165) is 22.6 Å². The Morgan fingerprint density at radius 2 is 1.88 bits per heavy atom. The van der Waals surface area contributed by atoms with Crippen LogP contribution in [0.2, 0.25) is 5.02 Å². The molecule has 0 saturated heterocycles. The van der Waals surface area contributed by atoms with Gasteiger partial charge in [0, 0.05) is 16.0 Å². The van der Waals surface area contributed by atoms with Gasteiger partial charge in [0.2, 0.25) is 5.91 Å². The standard InChI is InChI=1S/C18H15ClN2O2S/c1-23-15-8-4-13(5-9-15)16-11-24-18(20-16)21-17(22)10-12-2-6-14(19)7-3-12/h2-9,11H,10H2,1H3,(H,20,21,22).